The maximum atomic E-state index is 4.56. The van der Waals surface area contributed by atoms with Gasteiger partial charge in [-0.3, -0.25) is 0 Å². The molecule has 1 aliphatic rings. The smallest absolute Gasteiger partial charge is 0.0140 e. The molecule has 0 N–H and O–H groups in total. The molecule has 0 aromatic heterocycles. The van der Waals surface area contributed by atoms with E-state index in [1.165, 1.54) is 0 Å². The highest BCUT2D eigenvalue weighted by Gasteiger charge is 2.58. The van der Waals surface area contributed by atoms with Gasteiger partial charge in [0.05, 0.1) is 0 Å². The first kappa shape index (κ1) is 8.79. The van der Waals surface area contributed by atoms with Crippen LogP contribution in [-0.4, -0.2) is 10.5 Å². The summed E-state index contributed by atoms with van der Waals surface area (Å²) < 4.78 is 0. The molecule has 10 heavy (non-hydrogen) atoms. The van der Waals surface area contributed by atoms with E-state index in [1.807, 2.05) is 0 Å². The van der Waals surface area contributed by atoms with Crippen LogP contribution in [0.3, 0.4) is 0 Å². The van der Waals surface area contributed by atoms with Gasteiger partial charge < -0.3 is 0 Å². The molecule has 0 unspecified atom stereocenters. The highest BCUT2D eigenvalue weighted by molar-refractivity contribution is 7.83. The first-order valence-corrected chi connectivity index (χ1v) is 4.70. The van der Waals surface area contributed by atoms with Crippen LogP contribution in [0.1, 0.15) is 27.7 Å². The molecule has 0 aliphatic heterocycles. The fourth-order valence-electron chi connectivity index (χ4n) is 2.12. The van der Waals surface area contributed by atoms with Crippen molar-refractivity contribution in [1.29, 1.82) is 0 Å². The molecule has 1 saturated carbocycles. The first-order valence-electron chi connectivity index (χ1n) is 3.67. The van der Waals surface area contributed by atoms with Gasteiger partial charge in [-0.25, -0.2) is 0 Å². The maximum absolute atomic E-state index is 4.56. The molecular weight excluding hydrogens is 160 g/mol. The standard InChI is InChI=1S/C8H16S2/c1-7(2)5(9)8(3,4)6(7)10/h5-6,9-10H,1-4H3. The zero-order chi connectivity index (χ0) is 8.15. The fourth-order valence-corrected chi connectivity index (χ4v) is 2.95. The average molecular weight is 176 g/mol. The van der Waals surface area contributed by atoms with Crippen molar-refractivity contribution in [1.82, 2.24) is 0 Å². The zero-order valence-corrected chi connectivity index (χ0v) is 8.84. The van der Waals surface area contributed by atoms with Crippen LogP contribution in [0.5, 0.6) is 0 Å². The van der Waals surface area contributed by atoms with Gasteiger partial charge in [-0.2, -0.15) is 25.3 Å². The molecule has 0 atom stereocenters. The van der Waals surface area contributed by atoms with Gasteiger partial charge in [0, 0.05) is 10.5 Å². The van der Waals surface area contributed by atoms with Gasteiger partial charge in [0.25, 0.3) is 0 Å². The van der Waals surface area contributed by atoms with Crippen molar-refractivity contribution in [3.8, 4) is 0 Å². The lowest BCUT2D eigenvalue weighted by atomic mass is 9.55. The fraction of sp³-hybridized carbons (Fsp3) is 1.00. The average Bonchev–Trinajstić information content (AvgIpc) is 1.84. The molecule has 0 spiro atoms. The van der Waals surface area contributed by atoms with Crippen LogP contribution in [0, 0.1) is 10.8 Å². The largest absolute Gasteiger partial charge is 0.175 e. The van der Waals surface area contributed by atoms with Crippen molar-refractivity contribution < 1.29 is 0 Å². The minimum absolute atomic E-state index is 0.301. The third kappa shape index (κ3) is 0.845. The number of hydrogen-bond acceptors (Lipinski definition) is 2. The van der Waals surface area contributed by atoms with E-state index in [-0.39, 0.29) is 0 Å². The predicted octanol–water partition coefficient (Wildman–Crippen LogP) is 2.65. The lowest BCUT2D eigenvalue weighted by Gasteiger charge is -2.60. The molecule has 0 aromatic rings. The van der Waals surface area contributed by atoms with Crippen molar-refractivity contribution >= 4 is 25.3 Å². The van der Waals surface area contributed by atoms with Gasteiger partial charge in [-0.15, -0.1) is 0 Å². The number of thiol groups is 2. The summed E-state index contributed by atoms with van der Waals surface area (Å²) in [7, 11) is 0. The normalized spacial score (nSPS) is 42.6. The molecule has 1 rings (SSSR count). The SMILES string of the molecule is CC1(C)C(S)C(C)(C)C1S. The number of hydrogen-bond donors (Lipinski definition) is 2. The van der Waals surface area contributed by atoms with E-state index >= 15 is 0 Å². The second-order valence-electron chi connectivity index (χ2n) is 4.45. The summed E-state index contributed by atoms with van der Waals surface area (Å²) in [5.41, 5.74) is 0.603. The van der Waals surface area contributed by atoms with Crippen LogP contribution in [0.15, 0.2) is 0 Å². The summed E-state index contributed by atoms with van der Waals surface area (Å²) in [5, 5.41) is 0.977. The van der Waals surface area contributed by atoms with Crippen LogP contribution in [-0.2, 0) is 0 Å². The van der Waals surface area contributed by atoms with Crippen LogP contribution in [0.25, 0.3) is 0 Å². The summed E-state index contributed by atoms with van der Waals surface area (Å²) in [6.45, 7) is 8.92. The Morgan fingerprint density at radius 2 is 1.00 bits per heavy atom. The van der Waals surface area contributed by atoms with Crippen molar-refractivity contribution in [2.75, 3.05) is 0 Å². The van der Waals surface area contributed by atoms with Crippen LogP contribution < -0.4 is 0 Å². The molecule has 0 heterocycles. The second kappa shape index (κ2) is 2.10. The molecule has 1 aliphatic carbocycles. The van der Waals surface area contributed by atoms with Crippen molar-refractivity contribution in [3.63, 3.8) is 0 Å². The molecule has 2 heteroatoms. The van der Waals surface area contributed by atoms with Gasteiger partial charge >= 0.3 is 0 Å². The topological polar surface area (TPSA) is 0 Å². The second-order valence-corrected chi connectivity index (χ2v) is 5.48. The summed E-state index contributed by atoms with van der Waals surface area (Å²) in [5.74, 6) is 0. The van der Waals surface area contributed by atoms with E-state index < -0.39 is 0 Å². The van der Waals surface area contributed by atoms with Gasteiger partial charge in [0.2, 0.25) is 0 Å². The van der Waals surface area contributed by atoms with E-state index in [1.54, 1.807) is 0 Å². The van der Waals surface area contributed by atoms with Crippen molar-refractivity contribution in [2.24, 2.45) is 10.8 Å². The Labute approximate surface area is 74.6 Å². The third-order valence-electron chi connectivity index (χ3n) is 2.82. The molecule has 1 fully saturated rings. The maximum Gasteiger partial charge on any atom is 0.0140 e. The first-order chi connectivity index (χ1) is 4.31. The van der Waals surface area contributed by atoms with E-state index in [9.17, 15) is 0 Å². The zero-order valence-electron chi connectivity index (χ0n) is 7.05. The van der Waals surface area contributed by atoms with Gasteiger partial charge in [0.15, 0.2) is 0 Å². The molecule has 0 amide bonds. The Balaban J connectivity index is 2.78. The number of rotatable bonds is 0. The molecular formula is C8H16S2. The Morgan fingerprint density at radius 3 is 1.10 bits per heavy atom. The van der Waals surface area contributed by atoms with E-state index in [0.29, 0.717) is 21.3 Å². The third-order valence-corrected chi connectivity index (χ3v) is 5.48. The monoisotopic (exact) mass is 176 g/mol. The highest BCUT2D eigenvalue weighted by atomic mass is 32.1. The Hall–Kier alpha value is 0.700. The van der Waals surface area contributed by atoms with Crippen LogP contribution in [0.4, 0.5) is 0 Å². The molecule has 0 saturated heterocycles. The minimum Gasteiger partial charge on any atom is -0.175 e. The quantitative estimate of drug-likeness (QED) is 0.521. The lowest BCUT2D eigenvalue weighted by molar-refractivity contribution is 0.0508. The van der Waals surface area contributed by atoms with Crippen molar-refractivity contribution in [3.05, 3.63) is 0 Å². The highest BCUT2D eigenvalue weighted by Crippen LogP contribution is 2.59. The Morgan fingerprint density at radius 1 is 0.800 bits per heavy atom. The molecule has 0 bridgehead atoms. The molecule has 60 valence electrons. The van der Waals surface area contributed by atoms with E-state index in [4.69, 9.17) is 0 Å². The Bertz CT molecular complexity index is 119. The minimum atomic E-state index is 0.301. The summed E-state index contributed by atoms with van der Waals surface area (Å²) >= 11 is 9.11. The van der Waals surface area contributed by atoms with Gasteiger partial charge in [0.1, 0.15) is 0 Å². The lowest BCUT2D eigenvalue weighted by Crippen LogP contribution is -2.62. The van der Waals surface area contributed by atoms with Gasteiger partial charge in [-0.1, -0.05) is 27.7 Å². The Kier molecular flexibility index (Phi) is 1.85. The summed E-state index contributed by atoms with van der Waals surface area (Å²) in [4.78, 5) is 0. The van der Waals surface area contributed by atoms with Gasteiger partial charge in [-0.05, 0) is 10.8 Å². The summed E-state index contributed by atoms with van der Waals surface area (Å²) in [6, 6.07) is 0. The van der Waals surface area contributed by atoms with Crippen LogP contribution in [0.2, 0.25) is 0 Å². The molecule has 0 nitrogen and oxygen atoms in total. The van der Waals surface area contributed by atoms with Crippen LogP contribution >= 0.6 is 25.3 Å². The van der Waals surface area contributed by atoms with Crippen molar-refractivity contribution in [2.45, 2.75) is 38.2 Å². The molecule has 0 aromatic carbocycles. The summed E-state index contributed by atoms with van der Waals surface area (Å²) in [6.07, 6.45) is 0. The van der Waals surface area contributed by atoms with E-state index in [2.05, 4.69) is 53.0 Å². The molecule has 0 radical (unpaired) electrons. The van der Waals surface area contributed by atoms with E-state index in [0.717, 1.165) is 0 Å². The predicted molar refractivity (Wildman–Crippen MR) is 53.1 cm³/mol.